The van der Waals surface area contributed by atoms with E-state index in [1.54, 1.807) is 0 Å². The molecule has 118 valence electrons. The van der Waals surface area contributed by atoms with Crippen LogP contribution in [0.4, 0.5) is 0 Å². The Balaban J connectivity index is 1.75. The Labute approximate surface area is 127 Å². The van der Waals surface area contributed by atoms with Gasteiger partial charge in [-0.2, -0.15) is 0 Å². The largest absolute Gasteiger partial charge is 0.494 e. The number of para-hydroxylation sites is 1. The topological polar surface area (TPSA) is 55.4 Å². The monoisotopic (exact) mass is 311 g/mol. The van der Waals surface area contributed by atoms with Crippen molar-refractivity contribution in [1.29, 1.82) is 0 Å². The molecule has 1 aliphatic rings. The molecule has 0 radical (unpaired) electrons. The van der Waals surface area contributed by atoms with Crippen molar-refractivity contribution in [3.05, 3.63) is 30.3 Å². The van der Waals surface area contributed by atoms with Gasteiger partial charge < -0.3 is 10.1 Å². The molecule has 4 nitrogen and oxygen atoms in total. The van der Waals surface area contributed by atoms with Crippen LogP contribution >= 0.6 is 0 Å². The van der Waals surface area contributed by atoms with Crippen molar-refractivity contribution in [3.63, 3.8) is 0 Å². The summed E-state index contributed by atoms with van der Waals surface area (Å²) in [6.07, 6.45) is 2.78. The highest BCUT2D eigenvalue weighted by molar-refractivity contribution is 7.91. The van der Waals surface area contributed by atoms with Gasteiger partial charge >= 0.3 is 0 Å². The third kappa shape index (κ3) is 5.32. The standard InChI is InChI=1S/C16H25NO3S/c1-17-12-14(15-9-11-21(18,19)13-15)6-5-10-20-16-7-3-2-4-8-16/h2-4,7-8,14-15,17H,5-6,9-13H2,1H3. The van der Waals surface area contributed by atoms with E-state index < -0.39 is 9.84 Å². The number of hydrogen-bond donors (Lipinski definition) is 1. The van der Waals surface area contributed by atoms with E-state index in [0.29, 0.717) is 29.9 Å². The molecule has 0 saturated carbocycles. The summed E-state index contributed by atoms with van der Waals surface area (Å²) >= 11 is 0. The number of benzene rings is 1. The Morgan fingerprint density at radius 3 is 2.71 bits per heavy atom. The minimum absolute atomic E-state index is 0.305. The molecule has 0 aliphatic carbocycles. The Hall–Kier alpha value is -1.07. The molecule has 1 aliphatic heterocycles. The van der Waals surface area contributed by atoms with Gasteiger partial charge in [-0.1, -0.05) is 18.2 Å². The summed E-state index contributed by atoms with van der Waals surface area (Å²) in [5, 5.41) is 3.20. The second-order valence-electron chi connectivity index (χ2n) is 5.78. The molecule has 0 amide bonds. The fourth-order valence-corrected chi connectivity index (χ4v) is 4.93. The Bertz CT molecular complexity index is 516. The molecule has 1 heterocycles. The lowest BCUT2D eigenvalue weighted by Crippen LogP contribution is -2.27. The van der Waals surface area contributed by atoms with E-state index in [9.17, 15) is 8.42 Å². The van der Waals surface area contributed by atoms with Crippen LogP contribution < -0.4 is 10.1 Å². The lowest BCUT2D eigenvalue weighted by Gasteiger charge is -2.22. The van der Waals surface area contributed by atoms with Crippen molar-refractivity contribution in [2.45, 2.75) is 19.3 Å². The predicted molar refractivity (Wildman–Crippen MR) is 85.3 cm³/mol. The van der Waals surface area contributed by atoms with Gasteiger partial charge in [0.15, 0.2) is 9.84 Å². The van der Waals surface area contributed by atoms with Gasteiger partial charge in [0.1, 0.15) is 5.75 Å². The minimum Gasteiger partial charge on any atom is -0.494 e. The van der Waals surface area contributed by atoms with E-state index in [4.69, 9.17) is 4.74 Å². The van der Waals surface area contributed by atoms with E-state index in [0.717, 1.165) is 31.6 Å². The lowest BCUT2D eigenvalue weighted by atomic mass is 9.88. The summed E-state index contributed by atoms with van der Waals surface area (Å²) in [5.74, 6) is 2.34. The Kier molecular flexibility index (Phi) is 6.06. The zero-order chi connectivity index (χ0) is 15.1. The van der Waals surface area contributed by atoms with Gasteiger partial charge in [-0.05, 0) is 56.8 Å². The van der Waals surface area contributed by atoms with Gasteiger partial charge in [-0.15, -0.1) is 0 Å². The highest BCUT2D eigenvalue weighted by Gasteiger charge is 2.32. The van der Waals surface area contributed by atoms with Crippen molar-refractivity contribution in [2.24, 2.45) is 11.8 Å². The van der Waals surface area contributed by atoms with Crippen LogP contribution in [0.1, 0.15) is 19.3 Å². The lowest BCUT2D eigenvalue weighted by molar-refractivity contribution is 0.265. The molecule has 1 aromatic carbocycles. The van der Waals surface area contributed by atoms with Crippen LogP contribution in [0.3, 0.4) is 0 Å². The smallest absolute Gasteiger partial charge is 0.150 e. The maximum Gasteiger partial charge on any atom is 0.150 e. The van der Waals surface area contributed by atoms with Crippen LogP contribution in [0.5, 0.6) is 5.75 Å². The molecule has 2 unspecified atom stereocenters. The van der Waals surface area contributed by atoms with Gasteiger partial charge in [0.05, 0.1) is 18.1 Å². The fraction of sp³-hybridized carbons (Fsp3) is 0.625. The zero-order valence-corrected chi connectivity index (χ0v) is 13.4. The Morgan fingerprint density at radius 2 is 2.10 bits per heavy atom. The second-order valence-corrected chi connectivity index (χ2v) is 8.01. The molecule has 0 bridgehead atoms. The molecule has 1 fully saturated rings. The highest BCUT2D eigenvalue weighted by Crippen LogP contribution is 2.28. The van der Waals surface area contributed by atoms with Crippen molar-refractivity contribution in [2.75, 3.05) is 31.7 Å². The second kappa shape index (κ2) is 7.80. The third-order valence-electron chi connectivity index (χ3n) is 4.13. The van der Waals surface area contributed by atoms with Crippen LogP contribution in [0, 0.1) is 11.8 Å². The molecule has 0 spiro atoms. The van der Waals surface area contributed by atoms with E-state index in [1.165, 1.54) is 0 Å². The molecule has 21 heavy (non-hydrogen) atoms. The quantitative estimate of drug-likeness (QED) is 0.747. The molecule has 5 heteroatoms. The average Bonchev–Trinajstić information content (AvgIpc) is 2.83. The maximum atomic E-state index is 11.6. The van der Waals surface area contributed by atoms with E-state index in [-0.39, 0.29) is 0 Å². The van der Waals surface area contributed by atoms with Crippen LogP contribution in [0.25, 0.3) is 0 Å². The van der Waals surface area contributed by atoms with E-state index in [1.807, 2.05) is 37.4 Å². The van der Waals surface area contributed by atoms with Crippen LogP contribution in [-0.2, 0) is 9.84 Å². The predicted octanol–water partition coefficient (Wildman–Crippen LogP) is 2.12. The SMILES string of the molecule is CNCC(CCCOc1ccccc1)C1CCS(=O)(=O)C1. The van der Waals surface area contributed by atoms with Crippen molar-refractivity contribution >= 4 is 9.84 Å². The molecule has 2 rings (SSSR count). The summed E-state index contributed by atoms with van der Waals surface area (Å²) in [6.45, 7) is 1.56. The number of ether oxygens (including phenoxy) is 1. The summed E-state index contributed by atoms with van der Waals surface area (Å²) in [5.41, 5.74) is 0. The third-order valence-corrected chi connectivity index (χ3v) is 5.93. The first-order valence-corrected chi connectivity index (χ1v) is 9.46. The molecule has 2 atom stereocenters. The maximum absolute atomic E-state index is 11.6. The Morgan fingerprint density at radius 1 is 1.33 bits per heavy atom. The van der Waals surface area contributed by atoms with E-state index >= 15 is 0 Å². The van der Waals surface area contributed by atoms with Crippen molar-refractivity contribution in [1.82, 2.24) is 5.32 Å². The van der Waals surface area contributed by atoms with Crippen molar-refractivity contribution < 1.29 is 13.2 Å². The van der Waals surface area contributed by atoms with E-state index in [2.05, 4.69) is 5.32 Å². The number of rotatable bonds is 8. The summed E-state index contributed by atoms with van der Waals surface area (Å²) in [6, 6.07) is 9.80. The molecule has 0 aromatic heterocycles. The summed E-state index contributed by atoms with van der Waals surface area (Å²) in [7, 11) is -0.864. The summed E-state index contributed by atoms with van der Waals surface area (Å²) in [4.78, 5) is 0. The normalized spacial score (nSPS) is 22.0. The first kappa shape index (κ1) is 16.3. The van der Waals surface area contributed by atoms with Crippen LogP contribution in [0.15, 0.2) is 30.3 Å². The van der Waals surface area contributed by atoms with Gasteiger partial charge in [0.25, 0.3) is 0 Å². The minimum atomic E-state index is -2.79. The van der Waals surface area contributed by atoms with Crippen molar-refractivity contribution in [3.8, 4) is 5.75 Å². The molecule has 1 saturated heterocycles. The molecule has 1 aromatic rings. The zero-order valence-electron chi connectivity index (χ0n) is 12.6. The molecular weight excluding hydrogens is 286 g/mol. The molecular formula is C16H25NO3S. The van der Waals surface area contributed by atoms with Gasteiger partial charge in [-0.25, -0.2) is 8.42 Å². The summed E-state index contributed by atoms with van der Waals surface area (Å²) < 4.78 is 28.9. The van der Waals surface area contributed by atoms with Gasteiger partial charge in [-0.3, -0.25) is 0 Å². The van der Waals surface area contributed by atoms with Gasteiger partial charge in [0.2, 0.25) is 0 Å². The average molecular weight is 311 g/mol. The first-order valence-electron chi connectivity index (χ1n) is 7.63. The van der Waals surface area contributed by atoms with Gasteiger partial charge in [0, 0.05) is 0 Å². The van der Waals surface area contributed by atoms with Crippen LogP contribution in [0.2, 0.25) is 0 Å². The highest BCUT2D eigenvalue weighted by atomic mass is 32.2. The fourth-order valence-electron chi connectivity index (χ4n) is 3.01. The van der Waals surface area contributed by atoms with Crippen LogP contribution in [-0.4, -0.2) is 40.1 Å². The number of hydrogen-bond acceptors (Lipinski definition) is 4. The molecule has 1 N–H and O–H groups in total. The number of sulfone groups is 1. The first-order chi connectivity index (χ1) is 10.1. The number of nitrogens with one attached hydrogen (secondary N) is 1.